The van der Waals surface area contributed by atoms with Crippen LogP contribution in [0.3, 0.4) is 0 Å². The number of nitrogens with two attached hydrogens (primary N) is 1. The molecule has 4 rings (SSSR count). The Bertz CT molecular complexity index is 1130. The van der Waals surface area contributed by atoms with E-state index in [9.17, 15) is 9.90 Å². The fraction of sp³-hybridized carbons (Fsp3) is 0.0455. The highest BCUT2D eigenvalue weighted by molar-refractivity contribution is 5.94. The molecule has 0 unspecified atom stereocenters. The van der Waals surface area contributed by atoms with Gasteiger partial charge in [0.25, 0.3) is 0 Å². The van der Waals surface area contributed by atoms with E-state index in [-0.39, 0.29) is 5.88 Å². The normalized spacial score (nSPS) is 11.0. The van der Waals surface area contributed by atoms with E-state index in [2.05, 4.69) is 22.7 Å². The van der Waals surface area contributed by atoms with Crippen LogP contribution in [-0.2, 0) is 6.42 Å². The van der Waals surface area contributed by atoms with Gasteiger partial charge < -0.3 is 10.8 Å². The average molecular weight is 356 g/mol. The summed E-state index contributed by atoms with van der Waals surface area (Å²) < 4.78 is 0. The van der Waals surface area contributed by atoms with E-state index in [0.717, 1.165) is 27.8 Å². The molecule has 5 nitrogen and oxygen atoms in total. The quantitative estimate of drug-likeness (QED) is 0.507. The largest absolute Gasteiger partial charge is 0.492 e. The number of aromatic hydroxyl groups is 1. The molecular formula is C22H18N3O2. The Morgan fingerprint density at radius 3 is 2.70 bits per heavy atom. The van der Waals surface area contributed by atoms with Crippen molar-refractivity contribution < 1.29 is 9.90 Å². The highest BCUT2D eigenvalue weighted by Gasteiger charge is 2.09. The smallest absolute Gasteiger partial charge is 0.248 e. The minimum absolute atomic E-state index is 0.00220. The third kappa shape index (κ3) is 3.40. The number of H-pyrrole nitrogens is 1. The Morgan fingerprint density at radius 2 is 1.85 bits per heavy atom. The van der Waals surface area contributed by atoms with Crippen molar-refractivity contribution in [1.82, 2.24) is 10.2 Å². The van der Waals surface area contributed by atoms with Gasteiger partial charge in [0.1, 0.15) is 0 Å². The molecule has 1 radical (unpaired) electrons. The molecule has 0 spiro atoms. The zero-order valence-corrected chi connectivity index (χ0v) is 14.5. The molecule has 3 aromatic carbocycles. The molecule has 0 atom stereocenters. The van der Waals surface area contributed by atoms with Gasteiger partial charge in [-0.05, 0) is 53.3 Å². The third-order valence-electron chi connectivity index (χ3n) is 4.60. The summed E-state index contributed by atoms with van der Waals surface area (Å²) in [6.07, 6.45) is 2.68. The van der Waals surface area contributed by atoms with Crippen LogP contribution in [0.1, 0.15) is 21.5 Å². The van der Waals surface area contributed by atoms with Gasteiger partial charge >= 0.3 is 0 Å². The number of aromatic amines is 1. The number of hydrogen-bond donors (Lipinski definition) is 3. The number of aromatic nitrogens is 2. The summed E-state index contributed by atoms with van der Waals surface area (Å²) in [7, 11) is 0. The highest BCUT2D eigenvalue weighted by Crippen LogP contribution is 2.28. The van der Waals surface area contributed by atoms with Gasteiger partial charge in [-0.2, -0.15) is 0 Å². The van der Waals surface area contributed by atoms with Gasteiger partial charge in [-0.25, -0.2) is 0 Å². The summed E-state index contributed by atoms with van der Waals surface area (Å²) >= 11 is 0. The Kier molecular flexibility index (Phi) is 4.34. The lowest BCUT2D eigenvalue weighted by Crippen LogP contribution is -2.13. The first-order valence-corrected chi connectivity index (χ1v) is 8.60. The average Bonchev–Trinajstić information content (AvgIpc) is 3.07. The molecule has 0 saturated heterocycles. The molecule has 0 aliphatic heterocycles. The lowest BCUT2D eigenvalue weighted by Gasteiger charge is -2.08. The summed E-state index contributed by atoms with van der Waals surface area (Å²) in [6, 6.07) is 21.3. The van der Waals surface area contributed by atoms with E-state index >= 15 is 0 Å². The van der Waals surface area contributed by atoms with E-state index < -0.39 is 5.91 Å². The summed E-state index contributed by atoms with van der Waals surface area (Å²) in [6.45, 7) is 0. The maximum atomic E-state index is 11.6. The first-order valence-electron chi connectivity index (χ1n) is 8.60. The molecule has 27 heavy (non-hydrogen) atoms. The van der Waals surface area contributed by atoms with Crippen molar-refractivity contribution in [2.75, 3.05) is 0 Å². The first kappa shape index (κ1) is 16.8. The van der Waals surface area contributed by atoms with Gasteiger partial charge in [0.2, 0.25) is 11.8 Å². The molecule has 0 bridgehead atoms. The Labute approximate surface area is 156 Å². The second kappa shape index (κ2) is 6.96. The molecule has 0 aliphatic carbocycles. The monoisotopic (exact) mass is 356 g/mol. The van der Waals surface area contributed by atoms with E-state index in [4.69, 9.17) is 5.73 Å². The predicted octanol–water partition coefficient (Wildman–Crippen LogP) is 3.83. The number of rotatable bonds is 5. The summed E-state index contributed by atoms with van der Waals surface area (Å²) in [5, 5.41) is 17.1. The SMILES string of the molecule is NC(=O)c1ccccc1C[CH]c1cccc(-c2ccc3[nH]nc(O)c3c2)c1. The number of nitrogens with one attached hydrogen (secondary N) is 1. The second-order valence-corrected chi connectivity index (χ2v) is 6.36. The van der Waals surface area contributed by atoms with Gasteiger partial charge in [-0.15, -0.1) is 5.10 Å². The third-order valence-corrected chi connectivity index (χ3v) is 4.60. The molecule has 1 aromatic heterocycles. The Hall–Kier alpha value is -3.60. The van der Waals surface area contributed by atoms with Gasteiger partial charge in [0.05, 0.1) is 10.9 Å². The molecule has 4 aromatic rings. The molecule has 133 valence electrons. The van der Waals surface area contributed by atoms with E-state index in [1.54, 1.807) is 6.07 Å². The van der Waals surface area contributed by atoms with Crippen LogP contribution in [0.2, 0.25) is 0 Å². The van der Waals surface area contributed by atoms with Gasteiger partial charge in [0.15, 0.2) is 0 Å². The molecule has 0 fully saturated rings. The van der Waals surface area contributed by atoms with Crippen molar-refractivity contribution in [2.45, 2.75) is 6.42 Å². The fourth-order valence-corrected chi connectivity index (χ4v) is 3.19. The summed E-state index contributed by atoms with van der Waals surface area (Å²) in [5.74, 6) is -0.418. The van der Waals surface area contributed by atoms with Crippen molar-refractivity contribution in [1.29, 1.82) is 0 Å². The van der Waals surface area contributed by atoms with Crippen molar-refractivity contribution in [2.24, 2.45) is 5.73 Å². The zero-order valence-electron chi connectivity index (χ0n) is 14.5. The minimum Gasteiger partial charge on any atom is -0.492 e. The summed E-state index contributed by atoms with van der Waals surface area (Å²) in [4.78, 5) is 11.6. The first-order chi connectivity index (χ1) is 13.1. The predicted molar refractivity (Wildman–Crippen MR) is 105 cm³/mol. The van der Waals surface area contributed by atoms with Crippen LogP contribution in [0.4, 0.5) is 0 Å². The summed E-state index contributed by atoms with van der Waals surface area (Å²) in [5.41, 5.74) is 10.8. The minimum atomic E-state index is -0.416. The zero-order chi connectivity index (χ0) is 18.8. The van der Waals surface area contributed by atoms with Crippen LogP contribution in [0.25, 0.3) is 22.0 Å². The fourth-order valence-electron chi connectivity index (χ4n) is 3.19. The second-order valence-electron chi connectivity index (χ2n) is 6.36. The number of benzene rings is 3. The number of fused-ring (bicyclic) bond motifs is 1. The van der Waals surface area contributed by atoms with Crippen LogP contribution >= 0.6 is 0 Å². The van der Waals surface area contributed by atoms with Crippen LogP contribution in [0, 0.1) is 6.42 Å². The Morgan fingerprint density at radius 1 is 1.04 bits per heavy atom. The maximum absolute atomic E-state index is 11.6. The van der Waals surface area contributed by atoms with E-state index in [1.165, 1.54) is 0 Å². The number of hydrogen-bond acceptors (Lipinski definition) is 3. The van der Waals surface area contributed by atoms with Crippen LogP contribution < -0.4 is 5.73 Å². The molecule has 1 heterocycles. The maximum Gasteiger partial charge on any atom is 0.248 e. The molecule has 4 N–H and O–H groups in total. The van der Waals surface area contributed by atoms with Crippen molar-refractivity contribution in [3.05, 3.63) is 89.8 Å². The topological polar surface area (TPSA) is 92.0 Å². The van der Waals surface area contributed by atoms with Crippen LogP contribution in [0.5, 0.6) is 5.88 Å². The lowest BCUT2D eigenvalue weighted by molar-refractivity contribution is 0.0999. The standard InChI is InChI=1S/C22H18N3O2/c23-21(26)18-7-2-1-5-15(18)9-8-14-4-3-6-16(12-14)17-10-11-20-19(13-17)22(27)25-24-20/h1-8,10-13H,9H2,(H2,23,26)(H2,24,25,27). The number of carbonyl (C=O) groups excluding carboxylic acids is 1. The van der Waals surface area contributed by atoms with Gasteiger partial charge in [-0.1, -0.05) is 48.5 Å². The van der Waals surface area contributed by atoms with Crippen molar-refractivity contribution >= 4 is 16.8 Å². The van der Waals surface area contributed by atoms with Crippen LogP contribution in [-0.4, -0.2) is 21.2 Å². The lowest BCUT2D eigenvalue weighted by atomic mass is 9.96. The van der Waals surface area contributed by atoms with Gasteiger partial charge in [-0.3, -0.25) is 9.89 Å². The van der Waals surface area contributed by atoms with Crippen LogP contribution in [0.15, 0.2) is 66.7 Å². The van der Waals surface area contributed by atoms with Crippen molar-refractivity contribution in [3.8, 4) is 17.0 Å². The number of carbonyl (C=O) groups is 1. The number of primary amides is 1. The molecule has 5 heteroatoms. The molecular weight excluding hydrogens is 338 g/mol. The Balaban J connectivity index is 1.59. The van der Waals surface area contributed by atoms with Crippen molar-refractivity contribution in [3.63, 3.8) is 0 Å². The highest BCUT2D eigenvalue weighted by atomic mass is 16.3. The molecule has 0 aliphatic rings. The number of amides is 1. The van der Waals surface area contributed by atoms with E-state index in [0.29, 0.717) is 17.4 Å². The molecule has 0 saturated carbocycles. The number of nitrogens with zero attached hydrogens (tertiary/aromatic N) is 1. The molecule has 1 amide bonds. The van der Waals surface area contributed by atoms with Gasteiger partial charge in [0, 0.05) is 5.56 Å². The van der Waals surface area contributed by atoms with E-state index in [1.807, 2.05) is 54.6 Å².